The number of hydrogen-bond acceptors (Lipinski definition) is 3. The van der Waals surface area contributed by atoms with Gasteiger partial charge in [-0.3, -0.25) is 9.59 Å². The molecule has 1 aromatic carbocycles. The molecule has 0 aromatic heterocycles. The van der Waals surface area contributed by atoms with Crippen LogP contribution in [-0.4, -0.2) is 18.4 Å². The maximum Gasteiger partial charge on any atom is 0.316 e. The van der Waals surface area contributed by atoms with Crippen LogP contribution in [0.1, 0.15) is 49.5 Å². The summed E-state index contributed by atoms with van der Waals surface area (Å²) in [4.78, 5) is 24.2. The Bertz CT molecular complexity index is 420. The highest BCUT2D eigenvalue weighted by atomic mass is 16.5. The van der Waals surface area contributed by atoms with Gasteiger partial charge in [0.2, 0.25) is 0 Å². The van der Waals surface area contributed by atoms with Gasteiger partial charge < -0.3 is 4.74 Å². The highest BCUT2D eigenvalue weighted by Crippen LogP contribution is 2.17. The van der Waals surface area contributed by atoms with Gasteiger partial charge in [0.15, 0.2) is 5.78 Å². The Kier molecular flexibility index (Phi) is 6.26. The summed E-state index contributed by atoms with van der Waals surface area (Å²) in [5, 5.41) is 0. The van der Waals surface area contributed by atoms with Gasteiger partial charge in [-0.05, 0) is 25.3 Å². The Morgan fingerprint density at radius 3 is 2.21 bits per heavy atom. The zero-order valence-corrected chi connectivity index (χ0v) is 11.9. The second-order valence-electron chi connectivity index (χ2n) is 4.51. The third-order valence-corrected chi connectivity index (χ3v) is 3.11. The molecular weight excluding hydrogens is 240 g/mol. The van der Waals surface area contributed by atoms with E-state index in [-0.39, 0.29) is 5.78 Å². The van der Waals surface area contributed by atoms with E-state index in [1.54, 1.807) is 19.1 Å². The van der Waals surface area contributed by atoms with Crippen LogP contribution in [0.5, 0.6) is 0 Å². The van der Waals surface area contributed by atoms with Crippen LogP contribution in [0, 0.1) is 5.92 Å². The Morgan fingerprint density at radius 2 is 1.74 bits per heavy atom. The van der Waals surface area contributed by atoms with E-state index in [0.717, 1.165) is 12.8 Å². The highest BCUT2D eigenvalue weighted by Gasteiger charge is 2.27. The minimum Gasteiger partial charge on any atom is -0.465 e. The Hall–Kier alpha value is -1.64. The second-order valence-corrected chi connectivity index (χ2v) is 4.51. The molecule has 0 radical (unpaired) electrons. The molecule has 1 unspecified atom stereocenters. The normalized spacial score (nSPS) is 11.9. The van der Waals surface area contributed by atoms with Gasteiger partial charge in [-0.25, -0.2) is 0 Å². The summed E-state index contributed by atoms with van der Waals surface area (Å²) in [6, 6.07) is 7.45. The fourth-order valence-electron chi connectivity index (χ4n) is 1.99. The van der Waals surface area contributed by atoms with Crippen LogP contribution in [0.15, 0.2) is 24.3 Å². The van der Waals surface area contributed by atoms with Crippen LogP contribution >= 0.6 is 0 Å². The summed E-state index contributed by atoms with van der Waals surface area (Å²) in [6.07, 6.45) is 2.25. The van der Waals surface area contributed by atoms with Crippen LogP contribution in [-0.2, 0) is 16.0 Å². The SMILES string of the molecule is CCCC(C(=O)OCC)C(=O)c1ccc(CC)cc1. The van der Waals surface area contributed by atoms with E-state index < -0.39 is 11.9 Å². The van der Waals surface area contributed by atoms with E-state index in [0.29, 0.717) is 18.6 Å². The molecule has 0 heterocycles. The molecule has 0 amide bonds. The van der Waals surface area contributed by atoms with E-state index in [1.165, 1.54) is 5.56 Å². The predicted octanol–water partition coefficient (Wildman–Crippen LogP) is 3.41. The third kappa shape index (κ3) is 4.19. The van der Waals surface area contributed by atoms with Gasteiger partial charge in [0.05, 0.1) is 6.61 Å². The molecular formula is C16H22O3. The van der Waals surface area contributed by atoms with Gasteiger partial charge in [-0.15, -0.1) is 0 Å². The number of ether oxygens (including phenoxy) is 1. The number of Topliss-reactive ketones (excluding diaryl/α,β-unsaturated/α-hetero) is 1. The molecule has 1 atom stereocenters. The lowest BCUT2D eigenvalue weighted by Crippen LogP contribution is -2.26. The zero-order chi connectivity index (χ0) is 14.3. The fraction of sp³-hybridized carbons (Fsp3) is 0.500. The fourth-order valence-corrected chi connectivity index (χ4v) is 1.99. The molecule has 0 aliphatic carbocycles. The van der Waals surface area contributed by atoms with Crippen LogP contribution < -0.4 is 0 Å². The monoisotopic (exact) mass is 262 g/mol. The van der Waals surface area contributed by atoms with Crippen molar-refractivity contribution in [1.82, 2.24) is 0 Å². The molecule has 104 valence electrons. The Balaban J connectivity index is 2.88. The van der Waals surface area contributed by atoms with Gasteiger partial charge >= 0.3 is 5.97 Å². The first kappa shape index (κ1) is 15.4. The average molecular weight is 262 g/mol. The molecule has 0 spiro atoms. The molecule has 0 bridgehead atoms. The molecule has 0 aliphatic rings. The Labute approximate surface area is 115 Å². The molecule has 3 nitrogen and oxygen atoms in total. The van der Waals surface area contributed by atoms with Crippen LogP contribution in [0.25, 0.3) is 0 Å². The number of benzene rings is 1. The second kappa shape index (κ2) is 7.72. The van der Waals surface area contributed by atoms with Crippen molar-refractivity contribution in [3.05, 3.63) is 35.4 Å². The minimum atomic E-state index is -0.669. The van der Waals surface area contributed by atoms with Gasteiger partial charge in [-0.2, -0.15) is 0 Å². The molecule has 0 aliphatic heterocycles. The van der Waals surface area contributed by atoms with Gasteiger partial charge in [0.25, 0.3) is 0 Å². The van der Waals surface area contributed by atoms with Crippen molar-refractivity contribution in [3.8, 4) is 0 Å². The van der Waals surface area contributed by atoms with E-state index >= 15 is 0 Å². The van der Waals surface area contributed by atoms with Gasteiger partial charge in [-0.1, -0.05) is 44.5 Å². The van der Waals surface area contributed by atoms with Crippen LogP contribution in [0.4, 0.5) is 0 Å². The maximum atomic E-state index is 12.3. The lowest BCUT2D eigenvalue weighted by molar-refractivity contribution is -0.146. The summed E-state index contributed by atoms with van der Waals surface area (Å²) in [7, 11) is 0. The van der Waals surface area contributed by atoms with Crippen molar-refractivity contribution < 1.29 is 14.3 Å². The lowest BCUT2D eigenvalue weighted by Gasteiger charge is -2.13. The molecule has 3 heteroatoms. The molecule has 19 heavy (non-hydrogen) atoms. The van der Waals surface area contributed by atoms with Crippen molar-refractivity contribution in [2.75, 3.05) is 6.61 Å². The van der Waals surface area contributed by atoms with Crippen molar-refractivity contribution in [3.63, 3.8) is 0 Å². The van der Waals surface area contributed by atoms with Gasteiger partial charge in [0.1, 0.15) is 5.92 Å². The Morgan fingerprint density at radius 1 is 1.11 bits per heavy atom. The van der Waals surface area contributed by atoms with Crippen molar-refractivity contribution in [2.45, 2.75) is 40.0 Å². The molecule has 0 saturated carbocycles. The number of esters is 1. The summed E-state index contributed by atoms with van der Waals surface area (Å²) in [5.74, 6) is -1.21. The van der Waals surface area contributed by atoms with E-state index in [1.807, 2.05) is 19.1 Å². The maximum absolute atomic E-state index is 12.3. The van der Waals surface area contributed by atoms with E-state index in [9.17, 15) is 9.59 Å². The smallest absolute Gasteiger partial charge is 0.316 e. The minimum absolute atomic E-state index is 0.136. The number of rotatable bonds is 7. The van der Waals surface area contributed by atoms with Crippen molar-refractivity contribution in [2.24, 2.45) is 5.92 Å². The predicted molar refractivity (Wildman–Crippen MR) is 75.2 cm³/mol. The molecule has 0 N–H and O–H groups in total. The van der Waals surface area contributed by atoms with Crippen molar-refractivity contribution in [1.29, 1.82) is 0 Å². The summed E-state index contributed by atoms with van der Waals surface area (Å²) >= 11 is 0. The summed E-state index contributed by atoms with van der Waals surface area (Å²) in [5.41, 5.74) is 1.77. The molecule has 0 fully saturated rings. The number of hydrogen-bond donors (Lipinski definition) is 0. The molecule has 1 rings (SSSR count). The quantitative estimate of drug-likeness (QED) is 0.429. The molecule has 1 aromatic rings. The number of carbonyl (C=O) groups is 2. The topological polar surface area (TPSA) is 43.4 Å². The largest absolute Gasteiger partial charge is 0.465 e. The average Bonchev–Trinajstić information content (AvgIpc) is 2.44. The van der Waals surface area contributed by atoms with Crippen molar-refractivity contribution >= 4 is 11.8 Å². The summed E-state index contributed by atoms with van der Waals surface area (Å²) in [6.45, 7) is 6.08. The summed E-state index contributed by atoms with van der Waals surface area (Å²) < 4.78 is 4.98. The molecule has 0 saturated heterocycles. The first-order valence-electron chi connectivity index (χ1n) is 6.93. The number of carbonyl (C=O) groups excluding carboxylic acids is 2. The number of ketones is 1. The lowest BCUT2D eigenvalue weighted by atomic mass is 9.93. The van der Waals surface area contributed by atoms with E-state index in [4.69, 9.17) is 4.74 Å². The first-order valence-corrected chi connectivity index (χ1v) is 6.93. The standard InChI is InChI=1S/C16H22O3/c1-4-7-14(16(18)19-6-3)15(17)13-10-8-12(5-2)9-11-13/h8-11,14H,4-7H2,1-3H3. The van der Waals surface area contributed by atoms with Gasteiger partial charge in [0, 0.05) is 5.56 Å². The van der Waals surface area contributed by atoms with E-state index in [2.05, 4.69) is 6.92 Å². The number of aryl methyl sites for hydroxylation is 1. The third-order valence-electron chi connectivity index (χ3n) is 3.11. The van der Waals surface area contributed by atoms with Crippen LogP contribution in [0.3, 0.4) is 0 Å². The van der Waals surface area contributed by atoms with Crippen LogP contribution in [0.2, 0.25) is 0 Å². The highest BCUT2D eigenvalue weighted by molar-refractivity contribution is 6.08. The zero-order valence-electron chi connectivity index (χ0n) is 11.9. The first-order chi connectivity index (χ1) is 9.13.